The SMILES string of the molecule is CCNC(c1cc(F)c(Br)cc1F)C1CCCCCCC1. The number of hydrogen-bond donors (Lipinski definition) is 1. The molecule has 1 fully saturated rings. The average Bonchev–Trinajstić information content (AvgIpc) is 2.41. The van der Waals surface area contributed by atoms with E-state index in [1.54, 1.807) is 0 Å². The van der Waals surface area contributed by atoms with E-state index in [-0.39, 0.29) is 22.1 Å². The maximum absolute atomic E-state index is 14.3. The summed E-state index contributed by atoms with van der Waals surface area (Å²) in [4.78, 5) is 0. The lowest BCUT2D eigenvalue weighted by molar-refractivity contribution is 0.285. The van der Waals surface area contributed by atoms with Crippen LogP contribution in [0.3, 0.4) is 0 Å². The van der Waals surface area contributed by atoms with Crippen molar-refractivity contribution in [3.63, 3.8) is 0 Å². The van der Waals surface area contributed by atoms with E-state index in [4.69, 9.17) is 0 Å². The highest BCUT2D eigenvalue weighted by molar-refractivity contribution is 9.10. The van der Waals surface area contributed by atoms with Gasteiger partial charge in [0.25, 0.3) is 0 Å². The monoisotopic (exact) mass is 359 g/mol. The van der Waals surface area contributed by atoms with Crippen molar-refractivity contribution >= 4 is 15.9 Å². The molecule has 4 heteroatoms. The van der Waals surface area contributed by atoms with E-state index in [0.717, 1.165) is 19.4 Å². The number of halogens is 3. The van der Waals surface area contributed by atoms with Crippen molar-refractivity contribution in [2.75, 3.05) is 6.54 Å². The van der Waals surface area contributed by atoms with Crippen LogP contribution in [0.15, 0.2) is 16.6 Å². The smallest absolute Gasteiger partial charge is 0.137 e. The zero-order chi connectivity index (χ0) is 15.2. The molecule has 0 saturated heterocycles. The second-order valence-electron chi connectivity index (χ2n) is 5.93. The molecule has 1 aliphatic rings. The Kier molecular flexibility index (Phi) is 6.62. The molecule has 1 aliphatic carbocycles. The molecule has 1 N–H and O–H groups in total. The van der Waals surface area contributed by atoms with Crippen LogP contribution in [0.25, 0.3) is 0 Å². The molecule has 1 unspecified atom stereocenters. The van der Waals surface area contributed by atoms with Crippen LogP contribution < -0.4 is 5.32 Å². The third kappa shape index (κ3) is 4.49. The molecule has 0 aliphatic heterocycles. The minimum Gasteiger partial charge on any atom is -0.310 e. The van der Waals surface area contributed by atoms with Gasteiger partial charge in [0.1, 0.15) is 11.6 Å². The summed E-state index contributed by atoms with van der Waals surface area (Å²) in [6, 6.07) is 2.51. The summed E-state index contributed by atoms with van der Waals surface area (Å²) in [5, 5.41) is 3.38. The molecule has 118 valence electrons. The van der Waals surface area contributed by atoms with E-state index in [1.807, 2.05) is 6.92 Å². The van der Waals surface area contributed by atoms with E-state index in [0.29, 0.717) is 11.5 Å². The van der Waals surface area contributed by atoms with Gasteiger partial charge in [-0.25, -0.2) is 8.78 Å². The van der Waals surface area contributed by atoms with Gasteiger partial charge in [-0.3, -0.25) is 0 Å². The lowest BCUT2D eigenvalue weighted by Gasteiger charge is -2.30. The van der Waals surface area contributed by atoms with E-state index in [2.05, 4.69) is 21.2 Å². The highest BCUT2D eigenvalue weighted by Crippen LogP contribution is 2.35. The van der Waals surface area contributed by atoms with E-state index < -0.39 is 0 Å². The van der Waals surface area contributed by atoms with Gasteiger partial charge in [-0.1, -0.05) is 39.0 Å². The van der Waals surface area contributed by atoms with Gasteiger partial charge < -0.3 is 5.32 Å². The Bertz CT molecular complexity index is 456. The molecule has 1 atom stereocenters. The first-order chi connectivity index (χ1) is 10.1. The number of benzene rings is 1. The first kappa shape index (κ1) is 16.9. The van der Waals surface area contributed by atoms with Crippen LogP contribution in [0.5, 0.6) is 0 Å². The molecule has 21 heavy (non-hydrogen) atoms. The summed E-state index contributed by atoms with van der Waals surface area (Å²) in [5.41, 5.74) is 0.475. The van der Waals surface area contributed by atoms with Crippen LogP contribution in [-0.2, 0) is 0 Å². The fraction of sp³-hybridized carbons (Fsp3) is 0.647. The zero-order valence-corrected chi connectivity index (χ0v) is 14.2. The molecule has 1 aromatic rings. The largest absolute Gasteiger partial charge is 0.310 e. The van der Waals surface area contributed by atoms with Crippen LogP contribution in [0.2, 0.25) is 0 Å². The van der Waals surface area contributed by atoms with Gasteiger partial charge >= 0.3 is 0 Å². The summed E-state index contributed by atoms with van der Waals surface area (Å²) in [7, 11) is 0. The number of nitrogens with one attached hydrogen (secondary N) is 1. The summed E-state index contributed by atoms with van der Waals surface area (Å²) in [6.07, 6.45) is 8.38. The topological polar surface area (TPSA) is 12.0 Å². The lowest BCUT2D eigenvalue weighted by atomic mass is 9.82. The number of hydrogen-bond acceptors (Lipinski definition) is 1. The Labute approximate surface area is 134 Å². The molecule has 0 aromatic heterocycles. The van der Waals surface area contributed by atoms with Gasteiger partial charge in [0.15, 0.2) is 0 Å². The van der Waals surface area contributed by atoms with Crippen molar-refractivity contribution in [3.05, 3.63) is 33.8 Å². The third-order valence-corrected chi connectivity index (χ3v) is 5.03. The summed E-state index contributed by atoms with van der Waals surface area (Å²) in [6.45, 7) is 2.78. The quantitative estimate of drug-likeness (QED) is 0.676. The van der Waals surface area contributed by atoms with Gasteiger partial charge in [0, 0.05) is 11.6 Å². The average molecular weight is 360 g/mol. The molecule has 0 spiro atoms. The molecule has 0 amide bonds. The molecular formula is C17H24BrF2N. The van der Waals surface area contributed by atoms with Crippen LogP contribution in [-0.4, -0.2) is 6.54 Å². The molecule has 2 rings (SSSR count). The molecule has 0 radical (unpaired) electrons. The molecule has 1 aromatic carbocycles. The lowest BCUT2D eigenvalue weighted by Crippen LogP contribution is -2.29. The standard InChI is InChI=1S/C17H24BrF2N/c1-2-21-17(12-8-6-4-3-5-7-9-12)13-10-16(20)14(18)11-15(13)19/h10-12,17,21H,2-9H2,1H3. The van der Waals surface area contributed by atoms with Crippen molar-refractivity contribution in [1.82, 2.24) is 5.32 Å². The third-order valence-electron chi connectivity index (χ3n) is 4.42. The normalized spacial score (nSPS) is 19.0. The van der Waals surface area contributed by atoms with Crippen molar-refractivity contribution < 1.29 is 8.78 Å². The Hall–Kier alpha value is -0.480. The summed E-state index contributed by atoms with van der Waals surface area (Å²) in [5.74, 6) is -0.322. The molecular weight excluding hydrogens is 336 g/mol. The van der Waals surface area contributed by atoms with Crippen molar-refractivity contribution in [3.8, 4) is 0 Å². The maximum Gasteiger partial charge on any atom is 0.137 e. The van der Waals surface area contributed by atoms with Crippen molar-refractivity contribution in [2.45, 2.75) is 57.9 Å². The zero-order valence-electron chi connectivity index (χ0n) is 12.6. The second-order valence-corrected chi connectivity index (χ2v) is 6.78. The van der Waals surface area contributed by atoms with Gasteiger partial charge in [0.05, 0.1) is 4.47 Å². The van der Waals surface area contributed by atoms with E-state index >= 15 is 0 Å². The van der Waals surface area contributed by atoms with Gasteiger partial charge in [-0.2, -0.15) is 0 Å². The van der Waals surface area contributed by atoms with Crippen molar-refractivity contribution in [2.24, 2.45) is 5.92 Å². The maximum atomic E-state index is 14.3. The Balaban J connectivity index is 2.26. The van der Waals surface area contributed by atoms with Gasteiger partial charge in [-0.15, -0.1) is 0 Å². The fourth-order valence-electron chi connectivity index (χ4n) is 3.35. The number of rotatable bonds is 4. The molecule has 1 nitrogen and oxygen atoms in total. The van der Waals surface area contributed by atoms with Crippen LogP contribution in [0.1, 0.15) is 63.5 Å². The highest BCUT2D eigenvalue weighted by Gasteiger charge is 2.26. The highest BCUT2D eigenvalue weighted by atomic mass is 79.9. The Morgan fingerprint density at radius 3 is 2.33 bits per heavy atom. The van der Waals surface area contributed by atoms with Crippen LogP contribution in [0, 0.1) is 17.6 Å². The fourth-order valence-corrected chi connectivity index (χ4v) is 3.66. The van der Waals surface area contributed by atoms with Crippen LogP contribution in [0.4, 0.5) is 8.78 Å². The molecule has 1 saturated carbocycles. The first-order valence-corrected chi connectivity index (χ1v) is 8.80. The van der Waals surface area contributed by atoms with E-state index in [1.165, 1.54) is 44.2 Å². The van der Waals surface area contributed by atoms with Gasteiger partial charge in [-0.05, 0) is 53.4 Å². The van der Waals surface area contributed by atoms with Crippen molar-refractivity contribution in [1.29, 1.82) is 0 Å². The molecule has 0 heterocycles. The Morgan fingerprint density at radius 2 is 1.71 bits per heavy atom. The minimum atomic E-state index is -0.389. The molecule has 0 bridgehead atoms. The summed E-state index contributed by atoms with van der Waals surface area (Å²) < 4.78 is 28.3. The predicted molar refractivity (Wildman–Crippen MR) is 86.3 cm³/mol. The van der Waals surface area contributed by atoms with Crippen LogP contribution >= 0.6 is 15.9 Å². The predicted octanol–water partition coefficient (Wildman–Crippen LogP) is 5.74. The van der Waals surface area contributed by atoms with E-state index in [9.17, 15) is 8.78 Å². The first-order valence-electron chi connectivity index (χ1n) is 8.01. The summed E-state index contributed by atoms with van der Waals surface area (Å²) >= 11 is 3.05. The minimum absolute atomic E-state index is 0.0873. The van der Waals surface area contributed by atoms with Gasteiger partial charge in [0.2, 0.25) is 0 Å². The Morgan fingerprint density at radius 1 is 1.10 bits per heavy atom. The second kappa shape index (κ2) is 8.23.